The summed E-state index contributed by atoms with van der Waals surface area (Å²) in [5.74, 6) is 0.693. The minimum absolute atomic E-state index is 0.0680. The Balaban J connectivity index is 1.78. The van der Waals surface area contributed by atoms with Gasteiger partial charge in [0.2, 0.25) is 11.8 Å². The summed E-state index contributed by atoms with van der Waals surface area (Å²) < 4.78 is 5.36. The van der Waals surface area contributed by atoms with Crippen LogP contribution in [0.15, 0.2) is 46.9 Å². The van der Waals surface area contributed by atoms with Gasteiger partial charge in [-0.15, -0.1) is 10.2 Å². The normalized spacial score (nSPS) is 10.6. The number of benzene rings is 2. The predicted octanol–water partition coefficient (Wildman–Crippen LogP) is 3.10. The molecular formula is C18H17N3O3. The second kappa shape index (κ2) is 6.64. The Bertz CT molecular complexity index is 869. The summed E-state index contributed by atoms with van der Waals surface area (Å²) >= 11 is 0. The van der Waals surface area contributed by atoms with Crippen LogP contribution in [0.2, 0.25) is 0 Å². The molecule has 0 fully saturated rings. The van der Waals surface area contributed by atoms with Gasteiger partial charge in [0, 0.05) is 23.7 Å². The van der Waals surface area contributed by atoms with E-state index in [1.165, 1.54) is 0 Å². The second-order valence-corrected chi connectivity index (χ2v) is 5.47. The first-order valence-electron chi connectivity index (χ1n) is 7.49. The van der Waals surface area contributed by atoms with Crippen LogP contribution in [0.5, 0.6) is 0 Å². The quantitative estimate of drug-likeness (QED) is 0.770. The molecule has 1 heterocycles. The van der Waals surface area contributed by atoms with Gasteiger partial charge in [-0.2, -0.15) is 0 Å². The topological polar surface area (TPSA) is 88.2 Å². The van der Waals surface area contributed by atoms with Crippen LogP contribution >= 0.6 is 0 Å². The van der Waals surface area contributed by atoms with Crippen molar-refractivity contribution in [2.24, 2.45) is 0 Å². The number of hydrogen-bond donors (Lipinski definition) is 2. The maximum Gasteiger partial charge on any atom is 0.255 e. The van der Waals surface area contributed by atoms with Gasteiger partial charge in [0.15, 0.2) is 0 Å². The first-order chi connectivity index (χ1) is 11.6. The van der Waals surface area contributed by atoms with Crippen molar-refractivity contribution in [3.8, 4) is 11.5 Å². The minimum Gasteiger partial charge on any atom is -0.421 e. The lowest BCUT2D eigenvalue weighted by molar-refractivity contribution is 0.102. The molecule has 0 unspecified atom stereocenters. The van der Waals surface area contributed by atoms with Crippen LogP contribution in [0.3, 0.4) is 0 Å². The van der Waals surface area contributed by atoms with Crippen molar-refractivity contribution in [1.82, 2.24) is 10.2 Å². The van der Waals surface area contributed by atoms with Gasteiger partial charge in [0.25, 0.3) is 5.91 Å². The van der Waals surface area contributed by atoms with Gasteiger partial charge in [-0.05, 0) is 48.4 Å². The van der Waals surface area contributed by atoms with Crippen LogP contribution in [-0.2, 0) is 6.61 Å². The maximum atomic E-state index is 12.4. The van der Waals surface area contributed by atoms with Crippen LogP contribution in [0, 0.1) is 13.8 Å². The van der Waals surface area contributed by atoms with Gasteiger partial charge in [-0.25, -0.2) is 0 Å². The molecule has 2 aromatic carbocycles. The Morgan fingerprint density at radius 3 is 2.50 bits per heavy atom. The molecule has 0 aliphatic heterocycles. The monoisotopic (exact) mass is 323 g/mol. The smallest absolute Gasteiger partial charge is 0.255 e. The summed E-state index contributed by atoms with van der Waals surface area (Å²) in [5, 5.41) is 19.8. The van der Waals surface area contributed by atoms with Crippen LogP contribution in [0.25, 0.3) is 11.5 Å². The molecule has 3 aromatic rings. The average Bonchev–Trinajstić information content (AvgIpc) is 3.03. The minimum atomic E-state index is -0.221. The Labute approximate surface area is 139 Å². The SMILES string of the molecule is Cc1nnc(-c2ccc(C(=O)Nc3cc(CO)ccc3C)cc2)o1. The first-order valence-corrected chi connectivity index (χ1v) is 7.49. The number of aliphatic hydroxyl groups excluding tert-OH is 1. The summed E-state index contributed by atoms with van der Waals surface area (Å²) in [6.45, 7) is 3.56. The molecule has 1 aromatic heterocycles. The lowest BCUT2D eigenvalue weighted by atomic mass is 10.1. The van der Waals surface area contributed by atoms with E-state index < -0.39 is 0 Å². The Hall–Kier alpha value is -2.99. The van der Waals surface area contributed by atoms with E-state index in [-0.39, 0.29) is 12.5 Å². The molecule has 0 radical (unpaired) electrons. The third-order valence-electron chi connectivity index (χ3n) is 3.65. The lowest BCUT2D eigenvalue weighted by Gasteiger charge is -2.10. The Kier molecular flexibility index (Phi) is 4.39. The van der Waals surface area contributed by atoms with Crippen molar-refractivity contribution in [3.63, 3.8) is 0 Å². The van der Waals surface area contributed by atoms with E-state index >= 15 is 0 Å². The summed E-state index contributed by atoms with van der Waals surface area (Å²) in [4.78, 5) is 12.4. The van der Waals surface area contributed by atoms with Crippen molar-refractivity contribution in [1.29, 1.82) is 0 Å². The summed E-state index contributed by atoms with van der Waals surface area (Å²) in [6, 6.07) is 12.4. The number of carbonyl (C=O) groups is 1. The Morgan fingerprint density at radius 2 is 1.88 bits per heavy atom. The third kappa shape index (κ3) is 3.33. The molecule has 122 valence electrons. The highest BCUT2D eigenvalue weighted by Crippen LogP contribution is 2.20. The number of aliphatic hydroxyl groups is 1. The molecule has 3 rings (SSSR count). The van der Waals surface area contributed by atoms with E-state index in [1.54, 1.807) is 37.3 Å². The van der Waals surface area contributed by atoms with Gasteiger partial charge in [0.1, 0.15) is 0 Å². The molecule has 0 aliphatic rings. The van der Waals surface area contributed by atoms with Crippen molar-refractivity contribution >= 4 is 11.6 Å². The van der Waals surface area contributed by atoms with E-state index in [2.05, 4.69) is 15.5 Å². The molecule has 1 amide bonds. The molecular weight excluding hydrogens is 306 g/mol. The van der Waals surface area contributed by atoms with Crippen molar-refractivity contribution in [2.45, 2.75) is 20.5 Å². The standard InChI is InChI=1S/C18H17N3O3/c1-11-3-4-13(10-22)9-16(11)19-17(23)14-5-7-15(8-6-14)18-21-20-12(2)24-18/h3-9,22H,10H2,1-2H3,(H,19,23). The fourth-order valence-electron chi connectivity index (χ4n) is 2.27. The number of carbonyl (C=O) groups excluding carboxylic acids is 1. The van der Waals surface area contributed by atoms with Crippen molar-refractivity contribution < 1.29 is 14.3 Å². The second-order valence-electron chi connectivity index (χ2n) is 5.47. The van der Waals surface area contributed by atoms with E-state index in [1.807, 2.05) is 19.1 Å². The highest BCUT2D eigenvalue weighted by atomic mass is 16.4. The third-order valence-corrected chi connectivity index (χ3v) is 3.65. The van der Waals surface area contributed by atoms with Crippen molar-refractivity contribution in [3.05, 3.63) is 65.0 Å². The van der Waals surface area contributed by atoms with Gasteiger partial charge in [-0.3, -0.25) is 4.79 Å². The molecule has 6 heteroatoms. The lowest BCUT2D eigenvalue weighted by Crippen LogP contribution is -2.13. The number of nitrogens with one attached hydrogen (secondary N) is 1. The number of rotatable bonds is 4. The van der Waals surface area contributed by atoms with Crippen LogP contribution in [0.1, 0.15) is 27.4 Å². The zero-order chi connectivity index (χ0) is 17.1. The average molecular weight is 323 g/mol. The number of aryl methyl sites for hydroxylation is 2. The number of amides is 1. The Morgan fingerprint density at radius 1 is 1.12 bits per heavy atom. The summed E-state index contributed by atoms with van der Waals surface area (Å²) in [5.41, 5.74) is 3.63. The molecule has 6 nitrogen and oxygen atoms in total. The highest BCUT2D eigenvalue weighted by molar-refractivity contribution is 6.04. The molecule has 2 N–H and O–H groups in total. The van der Waals surface area contributed by atoms with Crippen molar-refractivity contribution in [2.75, 3.05) is 5.32 Å². The van der Waals surface area contributed by atoms with Crippen LogP contribution < -0.4 is 5.32 Å². The molecule has 0 saturated carbocycles. The van der Waals surface area contributed by atoms with Gasteiger partial charge in [0.05, 0.1) is 6.61 Å². The van der Waals surface area contributed by atoms with E-state index in [0.717, 1.165) is 16.7 Å². The number of nitrogens with zero attached hydrogens (tertiary/aromatic N) is 2. The van der Waals surface area contributed by atoms with Gasteiger partial charge < -0.3 is 14.8 Å². The fraction of sp³-hybridized carbons (Fsp3) is 0.167. The van der Waals surface area contributed by atoms with E-state index in [0.29, 0.717) is 23.0 Å². The van der Waals surface area contributed by atoms with E-state index in [4.69, 9.17) is 4.42 Å². The van der Waals surface area contributed by atoms with Gasteiger partial charge >= 0.3 is 0 Å². The number of hydrogen-bond acceptors (Lipinski definition) is 5. The predicted molar refractivity (Wildman–Crippen MR) is 89.5 cm³/mol. The largest absolute Gasteiger partial charge is 0.421 e. The maximum absolute atomic E-state index is 12.4. The molecule has 24 heavy (non-hydrogen) atoms. The molecule has 0 spiro atoms. The van der Waals surface area contributed by atoms with Gasteiger partial charge in [-0.1, -0.05) is 12.1 Å². The fourth-order valence-corrected chi connectivity index (χ4v) is 2.27. The summed E-state index contributed by atoms with van der Waals surface area (Å²) in [6.07, 6.45) is 0. The van der Waals surface area contributed by atoms with Crippen LogP contribution in [0.4, 0.5) is 5.69 Å². The molecule has 0 saturated heterocycles. The molecule has 0 bridgehead atoms. The number of anilines is 1. The molecule has 0 atom stereocenters. The highest BCUT2D eigenvalue weighted by Gasteiger charge is 2.10. The first kappa shape index (κ1) is 15.9. The zero-order valence-corrected chi connectivity index (χ0v) is 13.4. The molecule has 0 aliphatic carbocycles. The summed E-state index contributed by atoms with van der Waals surface area (Å²) in [7, 11) is 0. The van der Waals surface area contributed by atoms with E-state index in [9.17, 15) is 9.90 Å². The zero-order valence-electron chi connectivity index (χ0n) is 13.4. The number of aromatic nitrogens is 2. The van der Waals surface area contributed by atoms with Crippen LogP contribution in [-0.4, -0.2) is 21.2 Å².